The Balaban J connectivity index is 2.20. The van der Waals surface area contributed by atoms with Gasteiger partial charge in [0.05, 0.1) is 11.8 Å². The summed E-state index contributed by atoms with van der Waals surface area (Å²) in [7, 11) is 0. The number of hydrazine groups is 2. The molecule has 1 fully saturated rings. The number of hydroxylamine groups is 1. The molecule has 0 radical (unpaired) electrons. The Morgan fingerprint density at radius 1 is 1.06 bits per heavy atom. The van der Waals surface area contributed by atoms with E-state index in [4.69, 9.17) is 0 Å². The molecular weight excluding hydrogens is 436 g/mol. The number of rotatable bonds is 12. The van der Waals surface area contributed by atoms with E-state index in [1.54, 1.807) is 5.48 Å². The molecule has 0 aromatic heterocycles. The number of amides is 2. The quantitative estimate of drug-likeness (QED) is 0.314. The second-order valence-corrected chi connectivity index (χ2v) is 10.6. The number of hydrogen-bond donors (Lipinski definition) is 3. The summed E-state index contributed by atoms with van der Waals surface area (Å²) in [6, 6.07) is 9.82. The number of nitrogens with zero attached hydrogens (tertiary/aromatic N) is 2. The van der Waals surface area contributed by atoms with Crippen LogP contribution in [0.5, 0.6) is 0 Å². The van der Waals surface area contributed by atoms with E-state index >= 15 is 0 Å². The van der Waals surface area contributed by atoms with E-state index in [0.717, 1.165) is 30.2 Å². The van der Waals surface area contributed by atoms with Crippen LogP contribution < -0.4 is 10.9 Å². The molecule has 1 aromatic carbocycles. The molecule has 1 aromatic rings. The van der Waals surface area contributed by atoms with Crippen molar-refractivity contribution < 1.29 is 14.8 Å². The minimum absolute atomic E-state index is 0.177. The smallest absolute Gasteiger partial charge is 0.247 e. The zero-order valence-electron chi connectivity index (χ0n) is 20.4. The minimum Gasteiger partial charge on any atom is -0.289 e. The van der Waals surface area contributed by atoms with Crippen molar-refractivity contribution in [3.63, 3.8) is 0 Å². The molecule has 1 heterocycles. The van der Waals surface area contributed by atoms with Gasteiger partial charge in [0.15, 0.2) is 0 Å². The average Bonchev–Trinajstić information content (AvgIpc) is 2.80. The van der Waals surface area contributed by atoms with Crippen molar-refractivity contribution in [3.8, 4) is 0 Å². The van der Waals surface area contributed by atoms with E-state index in [1.165, 1.54) is 0 Å². The van der Waals surface area contributed by atoms with Gasteiger partial charge in [-0.25, -0.2) is 10.5 Å². The van der Waals surface area contributed by atoms with Gasteiger partial charge >= 0.3 is 0 Å². The Labute approximate surface area is 202 Å². The second-order valence-electron chi connectivity index (χ2n) is 9.39. The summed E-state index contributed by atoms with van der Waals surface area (Å²) in [6.07, 6.45) is 4.76. The van der Waals surface area contributed by atoms with Crippen LogP contribution in [0.4, 0.5) is 0 Å². The van der Waals surface area contributed by atoms with Gasteiger partial charge in [0.25, 0.3) is 0 Å². The lowest BCUT2D eigenvalue weighted by atomic mass is 9.82. The molecule has 33 heavy (non-hydrogen) atoms. The first-order chi connectivity index (χ1) is 15.8. The molecule has 7 nitrogen and oxygen atoms in total. The zero-order valence-corrected chi connectivity index (χ0v) is 21.2. The van der Waals surface area contributed by atoms with Gasteiger partial charge in [0, 0.05) is 31.1 Å². The number of hydrogen-bond acceptors (Lipinski definition) is 6. The molecule has 0 saturated carbocycles. The van der Waals surface area contributed by atoms with Crippen molar-refractivity contribution in [3.05, 3.63) is 42.0 Å². The number of allylic oxidation sites excluding steroid dienone is 1. The first-order valence-corrected chi connectivity index (χ1v) is 13.0. The number of thioether (sulfide) groups is 1. The van der Waals surface area contributed by atoms with Crippen LogP contribution in [0.25, 0.3) is 6.08 Å². The predicted molar refractivity (Wildman–Crippen MR) is 135 cm³/mol. The highest BCUT2D eigenvalue weighted by atomic mass is 32.2. The molecule has 0 unspecified atom stereocenters. The van der Waals surface area contributed by atoms with Crippen molar-refractivity contribution in [2.45, 2.75) is 40.5 Å². The fraction of sp³-hybridized carbons (Fsp3) is 0.600. The van der Waals surface area contributed by atoms with Gasteiger partial charge in [-0.2, -0.15) is 16.9 Å². The molecule has 0 bridgehead atoms. The molecule has 1 aliphatic rings. The van der Waals surface area contributed by atoms with E-state index in [-0.39, 0.29) is 11.8 Å². The third-order valence-corrected chi connectivity index (χ3v) is 6.54. The Morgan fingerprint density at radius 2 is 1.73 bits per heavy atom. The summed E-state index contributed by atoms with van der Waals surface area (Å²) in [4.78, 5) is 26.2. The lowest BCUT2D eigenvalue weighted by Gasteiger charge is -2.39. The van der Waals surface area contributed by atoms with Crippen molar-refractivity contribution in [2.75, 3.05) is 31.1 Å². The summed E-state index contributed by atoms with van der Waals surface area (Å²) < 4.78 is 0. The summed E-state index contributed by atoms with van der Waals surface area (Å²) in [6.45, 7) is 10.8. The zero-order chi connectivity index (χ0) is 24.2. The van der Waals surface area contributed by atoms with Crippen LogP contribution in [0.2, 0.25) is 0 Å². The number of carbonyl (C=O) groups is 2. The number of carbonyl (C=O) groups excluding carboxylic acids is 2. The third kappa shape index (κ3) is 9.49. The SMILES string of the molecule is CC(C)C[C@@H](C(=O)NN(CC(C)C)N1CCSCC1)[C@H](C/C=C/c1ccccc1)C(=O)NO. The van der Waals surface area contributed by atoms with Gasteiger partial charge in [-0.15, -0.1) is 0 Å². The largest absolute Gasteiger partial charge is 0.289 e. The fourth-order valence-corrected chi connectivity index (χ4v) is 4.88. The molecule has 8 heteroatoms. The van der Waals surface area contributed by atoms with Crippen molar-refractivity contribution in [2.24, 2.45) is 23.7 Å². The Kier molecular flexibility index (Phi) is 11.9. The summed E-state index contributed by atoms with van der Waals surface area (Å²) >= 11 is 1.92. The molecule has 184 valence electrons. The molecule has 3 N–H and O–H groups in total. The maximum atomic E-state index is 13.5. The Hall–Kier alpha value is -1.87. The average molecular weight is 477 g/mol. The second kappa shape index (κ2) is 14.4. The molecule has 1 aliphatic heterocycles. The standard InChI is InChI=1S/C25H40N4O3S/c1-19(2)17-23(22(25(31)27-32)12-8-11-21-9-6-5-7-10-21)24(30)26-29(18-20(3)4)28-13-15-33-16-14-28/h5-11,19-20,22-23,32H,12-18H2,1-4H3,(H,26,30)(H,27,31)/b11-8+/t22-,23+/m0/s1. The molecule has 0 spiro atoms. The van der Waals surface area contributed by atoms with Crippen molar-refractivity contribution in [1.29, 1.82) is 0 Å². The molecule has 0 aliphatic carbocycles. The van der Waals surface area contributed by atoms with Crippen LogP contribution >= 0.6 is 11.8 Å². The summed E-state index contributed by atoms with van der Waals surface area (Å²) in [5.41, 5.74) is 5.93. The van der Waals surface area contributed by atoms with Gasteiger partial charge < -0.3 is 0 Å². The first-order valence-electron chi connectivity index (χ1n) is 11.9. The summed E-state index contributed by atoms with van der Waals surface area (Å²) in [5, 5.41) is 13.5. The van der Waals surface area contributed by atoms with Crippen LogP contribution in [0.3, 0.4) is 0 Å². The minimum atomic E-state index is -0.671. The lowest BCUT2D eigenvalue weighted by Crippen LogP contribution is -2.58. The van der Waals surface area contributed by atoms with Gasteiger partial charge in [-0.05, 0) is 30.2 Å². The highest BCUT2D eigenvalue weighted by Crippen LogP contribution is 2.26. The number of nitrogens with one attached hydrogen (secondary N) is 2. The van der Waals surface area contributed by atoms with Crippen molar-refractivity contribution >= 4 is 29.7 Å². The fourth-order valence-electron chi connectivity index (χ4n) is 4.00. The maximum absolute atomic E-state index is 13.5. The molecule has 2 atom stereocenters. The Morgan fingerprint density at radius 3 is 2.30 bits per heavy atom. The van der Waals surface area contributed by atoms with Crippen LogP contribution in [0.15, 0.2) is 36.4 Å². The van der Waals surface area contributed by atoms with E-state index in [0.29, 0.717) is 25.3 Å². The van der Waals surface area contributed by atoms with E-state index in [2.05, 4.69) is 24.3 Å². The topological polar surface area (TPSA) is 84.9 Å². The third-order valence-electron chi connectivity index (χ3n) is 5.60. The van der Waals surface area contributed by atoms with Crippen LogP contribution in [0.1, 0.15) is 46.1 Å². The van der Waals surface area contributed by atoms with Gasteiger partial charge in [0.1, 0.15) is 0 Å². The van der Waals surface area contributed by atoms with Gasteiger partial charge in [0.2, 0.25) is 11.8 Å². The van der Waals surface area contributed by atoms with Crippen LogP contribution in [-0.2, 0) is 9.59 Å². The van der Waals surface area contributed by atoms with Crippen molar-refractivity contribution in [1.82, 2.24) is 21.0 Å². The molecule has 2 rings (SSSR count). The van der Waals surface area contributed by atoms with E-state index in [1.807, 2.05) is 73.2 Å². The van der Waals surface area contributed by atoms with Crippen LogP contribution in [-0.4, -0.2) is 58.3 Å². The first kappa shape index (κ1) is 27.4. The van der Waals surface area contributed by atoms with E-state index in [9.17, 15) is 14.8 Å². The lowest BCUT2D eigenvalue weighted by molar-refractivity contribution is -0.150. The van der Waals surface area contributed by atoms with Crippen LogP contribution in [0, 0.1) is 23.7 Å². The monoisotopic (exact) mass is 476 g/mol. The summed E-state index contributed by atoms with van der Waals surface area (Å²) in [5.74, 6) is 0.704. The molecule has 2 amide bonds. The highest BCUT2D eigenvalue weighted by Gasteiger charge is 2.35. The van der Waals surface area contributed by atoms with E-state index < -0.39 is 17.7 Å². The predicted octanol–water partition coefficient (Wildman–Crippen LogP) is 3.83. The number of benzene rings is 1. The maximum Gasteiger partial charge on any atom is 0.247 e. The molecular formula is C25H40N4O3S. The van der Waals surface area contributed by atoms with Gasteiger partial charge in [-0.3, -0.25) is 20.2 Å². The highest BCUT2D eigenvalue weighted by molar-refractivity contribution is 7.99. The van der Waals surface area contributed by atoms with Gasteiger partial charge in [-0.1, -0.05) is 70.2 Å². The Bertz CT molecular complexity index is 751. The normalized spacial score (nSPS) is 17.0. The molecule has 1 saturated heterocycles.